The van der Waals surface area contributed by atoms with E-state index < -0.39 is 11.9 Å². The first-order chi connectivity index (χ1) is 8.59. The van der Waals surface area contributed by atoms with Gasteiger partial charge in [0, 0.05) is 0 Å². The fourth-order valence-electron chi connectivity index (χ4n) is 1.87. The largest absolute Gasteiger partial charge is 0.477 e. The Morgan fingerprint density at radius 2 is 1.89 bits per heavy atom. The number of nitrogens with zero attached hydrogens (tertiary/aromatic N) is 2. The quantitative estimate of drug-likeness (QED) is 0.736. The van der Waals surface area contributed by atoms with Crippen LogP contribution in [0.1, 0.15) is 20.2 Å². The van der Waals surface area contributed by atoms with Gasteiger partial charge in [0.05, 0.1) is 11.0 Å². The monoisotopic (exact) mass is 262 g/mol. The third-order valence-corrected chi connectivity index (χ3v) is 3.59. The number of aromatic nitrogens is 2. The molecule has 2 aromatic heterocycles. The minimum atomic E-state index is -1.28. The SMILES string of the molecule is O=C(O)c1sc2nc3ccccc3n2c1C(=O)O. The van der Waals surface area contributed by atoms with Crippen molar-refractivity contribution in [2.24, 2.45) is 0 Å². The van der Waals surface area contributed by atoms with Crippen molar-refractivity contribution in [1.29, 1.82) is 0 Å². The normalized spacial score (nSPS) is 11.1. The number of carboxylic acids is 2. The summed E-state index contributed by atoms with van der Waals surface area (Å²) >= 11 is 0.858. The number of aromatic carboxylic acids is 2. The minimum absolute atomic E-state index is 0.212. The van der Waals surface area contributed by atoms with Gasteiger partial charge in [-0.3, -0.25) is 4.40 Å². The summed E-state index contributed by atoms with van der Waals surface area (Å²) in [6, 6.07) is 7.00. The second-order valence-electron chi connectivity index (χ2n) is 3.61. The maximum Gasteiger partial charge on any atom is 0.354 e. The van der Waals surface area contributed by atoms with Crippen molar-refractivity contribution < 1.29 is 19.8 Å². The molecule has 0 atom stereocenters. The third kappa shape index (κ3) is 1.31. The van der Waals surface area contributed by atoms with Gasteiger partial charge >= 0.3 is 11.9 Å². The summed E-state index contributed by atoms with van der Waals surface area (Å²) in [5.74, 6) is -2.53. The number of benzene rings is 1. The molecule has 2 N–H and O–H groups in total. The van der Waals surface area contributed by atoms with E-state index in [0.717, 1.165) is 11.3 Å². The highest BCUT2D eigenvalue weighted by molar-refractivity contribution is 7.19. The third-order valence-electron chi connectivity index (χ3n) is 2.56. The predicted molar refractivity (Wildman–Crippen MR) is 64.5 cm³/mol. The van der Waals surface area contributed by atoms with E-state index in [1.165, 1.54) is 4.40 Å². The zero-order valence-electron chi connectivity index (χ0n) is 8.82. The Labute approximate surface area is 104 Å². The minimum Gasteiger partial charge on any atom is -0.477 e. The fourth-order valence-corrected chi connectivity index (χ4v) is 2.84. The van der Waals surface area contributed by atoms with Crippen LogP contribution in [0.15, 0.2) is 24.3 Å². The Hall–Kier alpha value is -2.41. The second kappa shape index (κ2) is 3.54. The van der Waals surface area contributed by atoms with E-state index in [2.05, 4.69) is 4.98 Å². The second-order valence-corrected chi connectivity index (χ2v) is 4.59. The standard InChI is InChI=1S/C11H6N2O4S/c14-9(15)7-8(10(16)17)18-11-12-5-3-1-2-4-6(5)13(7)11/h1-4H,(H,14,15)(H,16,17). The Morgan fingerprint density at radius 3 is 2.56 bits per heavy atom. The molecule has 0 amide bonds. The molecule has 0 aliphatic heterocycles. The molecule has 90 valence electrons. The number of imidazole rings is 1. The molecule has 7 heteroatoms. The summed E-state index contributed by atoms with van der Waals surface area (Å²) in [5.41, 5.74) is 0.980. The molecule has 0 aliphatic rings. The Bertz CT molecular complexity index is 802. The molecule has 0 radical (unpaired) electrons. The van der Waals surface area contributed by atoms with Crippen LogP contribution in [0.2, 0.25) is 0 Å². The molecule has 0 fully saturated rings. The van der Waals surface area contributed by atoms with Crippen molar-refractivity contribution >= 4 is 39.3 Å². The van der Waals surface area contributed by atoms with E-state index in [1.807, 2.05) is 0 Å². The number of rotatable bonds is 2. The van der Waals surface area contributed by atoms with Crippen molar-refractivity contribution in [3.63, 3.8) is 0 Å². The molecule has 0 spiro atoms. The van der Waals surface area contributed by atoms with Gasteiger partial charge in [-0.25, -0.2) is 14.6 Å². The van der Waals surface area contributed by atoms with Gasteiger partial charge in [-0.1, -0.05) is 23.5 Å². The van der Waals surface area contributed by atoms with Gasteiger partial charge in [-0.15, -0.1) is 0 Å². The summed E-state index contributed by atoms with van der Waals surface area (Å²) < 4.78 is 1.37. The lowest BCUT2D eigenvalue weighted by atomic mass is 10.3. The first kappa shape index (κ1) is 10.7. The highest BCUT2D eigenvalue weighted by Gasteiger charge is 2.25. The van der Waals surface area contributed by atoms with Crippen molar-refractivity contribution in [2.45, 2.75) is 0 Å². The summed E-state index contributed by atoms with van der Waals surface area (Å²) in [6.45, 7) is 0. The van der Waals surface area contributed by atoms with Crippen LogP contribution in [0.3, 0.4) is 0 Å². The lowest BCUT2D eigenvalue weighted by molar-refractivity contribution is 0.0650. The number of carbonyl (C=O) groups is 2. The maximum absolute atomic E-state index is 11.2. The average molecular weight is 262 g/mol. The van der Waals surface area contributed by atoms with Crippen molar-refractivity contribution in [1.82, 2.24) is 9.38 Å². The highest BCUT2D eigenvalue weighted by Crippen LogP contribution is 2.28. The van der Waals surface area contributed by atoms with Crippen molar-refractivity contribution in [2.75, 3.05) is 0 Å². The molecule has 0 saturated carbocycles. The van der Waals surface area contributed by atoms with E-state index in [0.29, 0.717) is 16.0 Å². The van der Waals surface area contributed by atoms with Gasteiger partial charge in [0.2, 0.25) is 0 Å². The topological polar surface area (TPSA) is 91.9 Å². The molecule has 6 nitrogen and oxygen atoms in total. The fraction of sp³-hybridized carbons (Fsp3) is 0. The predicted octanol–water partition coefficient (Wildman–Crippen LogP) is 1.95. The first-order valence-corrected chi connectivity index (χ1v) is 5.78. The van der Waals surface area contributed by atoms with Crippen LogP contribution in [-0.4, -0.2) is 31.5 Å². The zero-order chi connectivity index (χ0) is 12.9. The molecular formula is C11H6N2O4S. The van der Waals surface area contributed by atoms with Crippen LogP contribution >= 0.6 is 11.3 Å². The van der Waals surface area contributed by atoms with Gasteiger partial charge in [0.1, 0.15) is 4.88 Å². The number of thiazole rings is 1. The van der Waals surface area contributed by atoms with E-state index in [1.54, 1.807) is 24.3 Å². The van der Waals surface area contributed by atoms with Crippen molar-refractivity contribution in [3.8, 4) is 0 Å². The molecule has 0 bridgehead atoms. The van der Waals surface area contributed by atoms with Gasteiger partial charge < -0.3 is 10.2 Å². The van der Waals surface area contributed by atoms with Crippen LogP contribution in [0.4, 0.5) is 0 Å². The molecule has 3 aromatic rings. The lowest BCUT2D eigenvalue weighted by Gasteiger charge is -1.96. The Balaban J connectivity index is 2.53. The highest BCUT2D eigenvalue weighted by atomic mass is 32.1. The van der Waals surface area contributed by atoms with Crippen LogP contribution in [0, 0.1) is 0 Å². The molecule has 0 saturated heterocycles. The van der Waals surface area contributed by atoms with Gasteiger partial charge in [-0.2, -0.15) is 0 Å². The van der Waals surface area contributed by atoms with Crippen LogP contribution in [0.5, 0.6) is 0 Å². The van der Waals surface area contributed by atoms with E-state index in [9.17, 15) is 14.7 Å². The van der Waals surface area contributed by atoms with Gasteiger partial charge in [0.15, 0.2) is 10.7 Å². The molecule has 0 aliphatic carbocycles. The summed E-state index contributed by atoms with van der Waals surface area (Å²) in [6.07, 6.45) is 0. The van der Waals surface area contributed by atoms with Crippen LogP contribution in [-0.2, 0) is 0 Å². The Morgan fingerprint density at radius 1 is 1.17 bits per heavy atom. The van der Waals surface area contributed by atoms with Gasteiger partial charge in [0.25, 0.3) is 0 Å². The summed E-state index contributed by atoms with van der Waals surface area (Å²) in [5, 5.41) is 18.2. The molecule has 0 unspecified atom stereocenters. The lowest BCUT2D eigenvalue weighted by Crippen LogP contribution is -2.08. The summed E-state index contributed by atoms with van der Waals surface area (Å²) in [7, 11) is 0. The Kier molecular flexibility index (Phi) is 2.11. The number of hydrogen-bond acceptors (Lipinski definition) is 4. The number of hydrogen-bond donors (Lipinski definition) is 2. The van der Waals surface area contributed by atoms with Crippen LogP contribution < -0.4 is 0 Å². The summed E-state index contributed by atoms with van der Waals surface area (Å²) in [4.78, 5) is 26.6. The molecule has 3 rings (SSSR count). The number of para-hydroxylation sites is 2. The zero-order valence-corrected chi connectivity index (χ0v) is 9.64. The maximum atomic E-state index is 11.2. The first-order valence-electron chi connectivity index (χ1n) is 4.96. The van der Waals surface area contributed by atoms with Gasteiger partial charge in [-0.05, 0) is 12.1 Å². The molecule has 2 heterocycles. The average Bonchev–Trinajstić information content (AvgIpc) is 2.83. The molecular weight excluding hydrogens is 256 g/mol. The molecule has 18 heavy (non-hydrogen) atoms. The molecule has 1 aromatic carbocycles. The van der Waals surface area contributed by atoms with Crippen LogP contribution in [0.25, 0.3) is 16.0 Å². The van der Waals surface area contributed by atoms with E-state index in [4.69, 9.17) is 5.11 Å². The van der Waals surface area contributed by atoms with E-state index in [-0.39, 0.29) is 10.6 Å². The van der Waals surface area contributed by atoms with E-state index >= 15 is 0 Å². The number of fused-ring (bicyclic) bond motifs is 3. The smallest absolute Gasteiger partial charge is 0.354 e. The van der Waals surface area contributed by atoms with Crippen molar-refractivity contribution in [3.05, 3.63) is 34.8 Å². The number of carboxylic acid groups (broad SMARTS) is 2.